The second-order valence-corrected chi connectivity index (χ2v) is 7.60. The molecule has 21 heavy (non-hydrogen) atoms. The highest BCUT2D eigenvalue weighted by Crippen LogP contribution is 2.28. The van der Waals surface area contributed by atoms with Crippen molar-refractivity contribution >= 4 is 27.4 Å². The summed E-state index contributed by atoms with van der Waals surface area (Å²) in [6.07, 6.45) is 3.78. The molecule has 0 spiro atoms. The van der Waals surface area contributed by atoms with Gasteiger partial charge in [0.2, 0.25) is 10.0 Å². The van der Waals surface area contributed by atoms with Crippen molar-refractivity contribution in [2.75, 3.05) is 19.4 Å². The van der Waals surface area contributed by atoms with Gasteiger partial charge in [0, 0.05) is 20.3 Å². The first kappa shape index (κ1) is 16.5. The Morgan fingerprint density at radius 2 is 2.10 bits per heavy atom. The van der Waals surface area contributed by atoms with Crippen molar-refractivity contribution in [2.45, 2.75) is 42.7 Å². The van der Waals surface area contributed by atoms with Crippen LogP contribution in [0.5, 0.6) is 0 Å². The first-order valence-electron chi connectivity index (χ1n) is 6.87. The minimum atomic E-state index is -3.72. The molecule has 2 unspecified atom stereocenters. The van der Waals surface area contributed by atoms with E-state index in [9.17, 15) is 13.5 Å². The van der Waals surface area contributed by atoms with Gasteiger partial charge in [-0.05, 0) is 18.9 Å². The van der Waals surface area contributed by atoms with E-state index in [1.165, 1.54) is 23.6 Å². The lowest BCUT2D eigenvalue weighted by atomic mass is 9.93. The van der Waals surface area contributed by atoms with Gasteiger partial charge in [0.15, 0.2) is 0 Å². The molecule has 2 N–H and O–H groups in total. The topological polar surface area (TPSA) is 82.5 Å². The lowest BCUT2D eigenvalue weighted by Crippen LogP contribution is -2.46. The average Bonchev–Trinajstić information content (AvgIpc) is 2.47. The van der Waals surface area contributed by atoms with E-state index in [-0.39, 0.29) is 9.92 Å². The summed E-state index contributed by atoms with van der Waals surface area (Å²) >= 11 is 6.00. The van der Waals surface area contributed by atoms with E-state index >= 15 is 0 Å². The zero-order chi connectivity index (χ0) is 15.6. The molecule has 1 saturated carbocycles. The van der Waals surface area contributed by atoms with E-state index < -0.39 is 22.2 Å². The molecular formula is C13H20ClN3O3S. The van der Waals surface area contributed by atoms with Gasteiger partial charge in [-0.2, -0.15) is 4.31 Å². The monoisotopic (exact) mass is 333 g/mol. The number of rotatable bonds is 4. The van der Waals surface area contributed by atoms with E-state index in [2.05, 4.69) is 10.3 Å². The summed E-state index contributed by atoms with van der Waals surface area (Å²) in [6.45, 7) is 0. The van der Waals surface area contributed by atoms with Gasteiger partial charge in [-0.25, -0.2) is 13.4 Å². The van der Waals surface area contributed by atoms with Gasteiger partial charge in [0.05, 0.1) is 17.2 Å². The molecule has 1 heterocycles. The standard InChI is InChI=1S/C13H20ClN3O3S/c1-15-13-10(14)7-9(8-16-13)21(19,20)17(2)11-5-3-4-6-12(11)18/h7-8,11-12,18H,3-6H2,1-2H3,(H,15,16). The van der Waals surface area contributed by atoms with Crippen LogP contribution < -0.4 is 5.32 Å². The van der Waals surface area contributed by atoms with E-state index in [0.29, 0.717) is 18.7 Å². The summed E-state index contributed by atoms with van der Waals surface area (Å²) in [7, 11) is -0.566. The van der Waals surface area contributed by atoms with E-state index in [0.717, 1.165) is 12.8 Å². The van der Waals surface area contributed by atoms with E-state index in [4.69, 9.17) is 11.6 Å². The zero-order valence-electron chi connectivity index (χ0n) is 12.1. The van der Waals surface area contributed by atoms with E-state index in [1.54, 1.807) is 7.05 Å². The largest absolute Gasteiger partial charge is 0.391 e. The SMILES string of the molecule is CNc1ncc(S(=O)(=O)N(C)C2CCCCC2O)cc1Cl. The normalized spacial score (nSPS) is 23.3. The van der Waals surface area contributed by atoms with Crippen LogP contribution in [0.25, 0.3) is 0 Å². The minimum Gasteiger partial charge on any atom is -0.391 e. The van der Waals surface area contributed by atoms with E-state index in [1.807, 2.05) is 0 Å². The molecule has 0 aromatic carbocycles. The highest BCUT2D eigenvalue weighted by molar-refractivity contribution is 7.89. The van der Waals surface area contributed by atoms with Gasteiger partial charge in [-0.1, -0.05) is 24.4 Å². The second kappa shape index (κ2) is 6.48. The summed E-state index contributed by atoms with van der Waals surface area (Å²) < 4.78 is 26.5. The zero-order valence-corrected chi connectivity index (χ0v) is 13.7. The smallest absolute Gasteiger partial charge is 0.244 e. The number of likely N-dealkylation sites (N-methyl/N-ethyl adjacent to an activating group) is 1. The van der Waals surface area contributed by atoms with Crippen LogP contribution in [-0.4, -0.2) is 49.1 Å². The summed E-state index contributed by atoms with van der Waals surface area (Å²) in [4.78, 5) is 4.03. The predicted octanol–water partition coefficient (Wildman–Crippen LogP) is 1.70. The maximum atomic E-state index is 12.6. The van der Waals surface area contributed by atoms with Crippen LogP contribution in [0, 0.1) is 0 Å². The number of halogens is 1. The second-order valence-electron chi connectivity index (χ2n) is 5.19. The third-order valence-electron chi connectivity index (χ3n) is 3.89. The van der Waals surface area contributed by atoms with Crippen LogP contribution in [0.2, 0.25) is 5.02 Å². The Morgan fingerprint density at radius 3 is 2.67 bits per heavy atom. The fourth-order valence-corrected chi connectivity index (χ4v) is 4.32. The molecule has 8 heteroatoms. The average molecular weight is 334 g/mol. The molecule has 0 bridgehead atoms. The number of hydrogen-bond donors (Lipinski definition) is 2. The minimum absolute atomic E-state index is 0.0340. The molecule has 0 amide bonds. The highest BCUT2D eigenvalue weighted by atomic mass is 35.5. The van der Waals surface area contributed by atoms with Crippen molar-refractivity contribution in [2.24, 2.45) is 0 Å². The summed E-state index contributed by atoms with van der Waals surface area (Å²) in [6, 6.07) is 0.980. The third kappa shape index (κ3) is 3.31. The fraction of sp³-hybridized carbons (Fsp3) is 0.615. The van der Waals surface area contributed by atoms with Gasteiger partial charge < -0.3 is 10.4 Å². The number of nitrogens with zero attached hydrogens (tertiary/aromatic N) is 2. The quantitative estimate of drug-likeness (QED) is 0.876. The van der Waals surface area contributed by atoms with Gasteiger partial charge in [0.25, 0.3) is 0 Å². The molecular weight excluding hydrogens is 314 g/mol. The first-order valence-corrected chi connectivity index (χ1v) is 8.69. The highest BCUT2D eigenvalue weighted by Gasteiger charge is 2.34. The number of aromatic nitrogens is 1. The van der Waals surface area contributed by atoms with Crippen molar-refractivity contribution in [3.8, 4) is 0 Å². The lowest BCUT2D eigenvalue weighted by molar-refractivity contribution is 0.0638. The molecule has 0 radical (unpaired) electrons. The van der Waals surface area contributed by atoms with Crippen LogP contribution in [0.1, 0.15) is 25.7 Å². The number of anilines is 1. The van der Waals surface area contributed by atoms with Crippen LogP contribution in [0.15, 0.2) is 17.2 Å². The Labute approximate surface area is 130 Å². The van der Waals surface area contributed by atoms with Crippen molar-refractivity contribution in [1.29, 1.82) is 0 Å². The molecule has 2 rings (SSSR count). The Balaban J connectivity index is 2.30. The predicted molar refractivity (Wildman–Crippen MR) is 82.0 cm³/mol. The van der Waals surface area contributed by atoms with Crippen LogP contribution in [0.4, 0.5) is 5.82 Å². The molecule has 2 atom stereocenters. The maximum absolute atomic E-state index is 12.6. The molecule has 118 valence electrons. The summed E-state index contributed by atoms with van der Waals surface area (Å²) in [5.74, 6) is 0.427. The third-order valence-corrected chi connectivity index (χ3v) is 6.03. The number of nitrogens with one attached hydrogen (secondary N) is 1. The van der Waals surface area contributed by atoms with Crippen LogP contribution in [0.3, 0.4) is 0 Å². The summed E-state index contributed by atoms with van der Waals surface area (Å²) in [5, 5.41) is 13.1. The number of sulfonamides is 1. The molecule has 6 nitrogen and oxygen atoms in total. The molecule has 0 aliphatic heterocycles. The Kier molecular flexibility index (Phi) is 5.08. The molecule has 1 aliphatic rings. The Morgan fingerprint density at radius 1 is 1.43 bits per heavy atom. The molecule has 1 aliphatic carbocycles. The molecule has 0 saturated heterocycles. The van der Waals surface area contributed by atoms with Crippen LogP contribution in [-0.2, 0) is 10.0 Å². The van der Waals surface area contributed by atoms with Crippen molar-refractivity contribution < 1.29 is 13.5 Å². The van der Waals surface area contributed by atoms with Gasteiger partial charge in [-0.15, -0.1) is 0 Å². The molecule has 1 aromatic heterocycles. The van der Waals surface area contributed by atoms with Gasteiger partial charge in [-0.3, -0.25) is 0 Å². The Bertz CT molecular complexity index is 609. The number of pyridine rings is 1. The molecule has 1 aromatic rings. The van der Waals surface area contributed by atoms with Gasteiger partial charge >= 0.3 is 0 Å². The Hall–Kier alpha value is -0.890. The van der Waals surface area contributed by atoms with Gasteiger partial charge in [0.1, 0.15) is 10.7 Å². The van der Waals surface area contributed by atoms with Crippen molar-refractivity contribution in [1.82, 2.24) is 9.29 Å². The first-order chi connectivity index (χ1) is 9.87. The fourth-order valence-electron chi connectivity index (χ4n) is 2.61. The number of hydrogen-bond acceptors (Lipinski definition) is 5. The van der Waals surface area contributed by atoms with Crippen molar-refractivity contribution in [3.63, 3.8) is 0 Å². The number of aliphatic hydroxyl groups is 1. The van der Waals surface area contributed by atoms with Crippen LogP contribution >= 0.6 is 11.6 Å². The maximum Gasteiger partial charge on any atom is 0.244 e. The molecule has 1 fully saturated rings. The number of aliphatic hydroxyl groups excluding tert-OH is 1. The lowest BCUT2D eigenvalue weighted by Gasteiger charge is -2.34. The van der Waals surface area contributed by atoms with Crippen molar-refractivity contribution in [3.05, 3.63) is 17.3 Å². The summed E-state index contributed by atoms with van der Waals surface area (Å²) in [5.41, 5.74) is 0.